The summed E-state index contributed by atoms with van der Waals surface area (Å²) in [7, 11) is 0. The average molecular weight is 321 g/mol. The molecule has 5 heteroatoms. The third-order valence-corrected chi connectivity index (χ3v) is 3.68. The second kappa shape index (κ2) is 7.57. The monoisotopic (exact) mass is 321 g/mol. The van der Waals surface area contributed by atoms with Crippen LogP contribution in [0.4, 0.5) is 0 Å². The van der Waals surface area contributed by atoms with Gasteiger partial charge in [0, 0.05) is 19.2 Å². The topological polar surface area (TPSA) is 67.2 Å². The van der Waals surface area contributed by atoms with Gasteiger partial charge < -0.3 is 10.4 Å². The van der Waals surface area contributed by atoms with Gasteiger partial charge in [-0.1, -0.05) is 48.5 Å². The van der Waals surface area contributed by atoms with Crippen molar-refractivity contribution < 1.29 is 9.90 Å². The van der Waals surface area contributed by atoms with Gasteiger partial charge in [-0.05, 0) is 17.7 Å². The predicted molar refractivity (Wildman–Crippen MR) is 92.1 cm³/mol. The van der Waals surface area contributed by atoms with Gasteiger partial charge in [0.05, 0.1) is 23.6 Å². The van der Waals surface area contributed by atoms with Gasteiger partial charge in [0.25, 0.3) is 5.91 Å². The number of rotatable bonds is 6. The van der Waals surface area contributed by atoms with E-state index in [-0.39, 0.29) is 12.5 Å². The highest BCUT2D eigenvalue weighted by molar-refractivity contribution is 5.93. The summed E-state index contributed by atoms with van der Waals surface area (Å²) in [6.45, 7) is 0.199. The lowest BCUT2D eigenvalue weighted by molar-refractivity contribution is 0.0916. The Morgan fingerprint density at radius 3 is 2.46 bits per heavy atom. The quantitative estimate of drug-likeness (QED) is 0.731. The number of hydrogen-bond acceptors (Lipinski definition) is 3. The first-order valence-corrected chi connectivity index (χ1v) is 7.82. The molecule has 0 saturated heterocycles. The number of carbonyl (C=O) groups excluding carboxylic acids is 1. The molecule has 1 heterocycles. The highest BCUT2D eigenvalue weighted by Gasteiger charge is 2.12. The first-order chi connectivity index (χ1) is 11.7. The van der Waals surface area contributed by atoms with Crippen LogP contribution in [0, 0.1) is 0 Å². The summed E-state index contributed by atoms with van der Waals surface area (Å²) in [6.07, 6.45) is 3.07. The Labute approximate surface area is 140 Å². The molecule has 0 bridgehead atoms. The van der Waals surface area contributed by atoms with Crippen LogP contribution in [0.15, 0.2) is 73.1 Å². The summed E-state index contributed by atoms with van der Waals surface area (Å²) in [5.41, 5.74) is 2.39. The summed E-state index contributed by atoms with van der Waals surface area (Å²) in [4.78, 5) is 12.2. The lowest BCUT2D eigenvalue weighted by Crippen LogP contribution is -2.33. The van der Waals surface area contributed by atoms with Gasteiger partial charge in [-0.3, -0.25) is 4.79 Å². The summed E-state index contributed by atoms with van der Waals surface area (Å²) in [5.74, 6) is -0.246. The van der Waals surface area contributed by atoms with Crippen LogP contribution in [-0.4, -0.2) is 33.4 Å². The van der Waals surface area contributed by atoms with Crippen molar-refractivity contribution in [3.8, 4) is 5.69 Å². The molecule has 3 rings (SSSR count). The van der Waals surface area contributed by atoms with Crippen molar-refractivity contribution in [2.24, 2.45) is 0 Å². The summed E-state index contributed by atoms with van der Waals surface area (Å²) < 4.78 is 1.65. The van der Waals surface area contributed by atoms with Crippen molar-refractivity contribution in [1.82, 2.24) is 15.1 Å². The van der Waals surface area contributed by atoms with Crippen LogP contribution in [0.3, 0.4) is 0 Å². The molecule has 24 heavy (non-hydrogen) atoms. The Hall–Kier alpha value is -2.92. The second-order valence-corrected chi connectivity index (χ2v) is 5.56. The maximum absolute atomic E-state index is 12.2. The number of aliphatic hydroxyl groups is 1. The molecule has 0 spiro atoms. The molecule has 1 aromatic heterocycles. The van der Waals surface area contributed by atoms with Crippen molar-refractivity contribution in [3.63, 3.8) is 0 Å². The maximum Gasteiger partial charge on any atom is 0.254 e. The number of carbonyl (C=O) groups is 1. The smallest absolute Gasteiger partial charge is 0.254 e. The van der Waals surface area contributed by atoms with Crippen LogP contribution < -0.4 is 5.32 Å². The SMILES string of the molecule is O=C(NCC(O)Cc1ccccc1)c1cnn(-c2ccccc2)c1. The molecule has 2 N–H and O–H groups in total. The van der Waals surface area contributed by atoms with E-state index in [9.17, 15) is 9.90 Å². The molecule has 3 aromatic rings. The summed E-state index contributed by atoms with van der Waals surface area (Å²) >= 11 is 0. The normalized spacial score (nSPS) is 11.9. The zero-order valence-electron chi connectivity index (χ0n) is 13.2. The third kappa shape index (κ3) is 4.08. The number of amides is 1. The van der Waals surface area contributed by atoms with E-state index in [0.717, 1.165) is 11.3 Å². The van der Waals surface area contributed by atoms with Gasteiger partial charge in [0.1, 0.15) is 0 Å². The Balaban J connectivity index is 1.55. The standard InChI is InChI=1S/C19H19N3O2/c23-18(11-15-7-3-1-4-8-15)13-20-19(24)16-12-21-22(14-16)17-9-5-2-6-10-17/h1-10,12,14,18,23H,11,13H2,(H,20,24). The van der Waals surface area contributed by atoms with Crippen LogP contribution in [0.5, 0.6) is 0 Å². The van der Waals surface area contributed by atoms with Crippen molar-refractivity contribution >= 4 is 5.91 Å². The van der Waals surface area contributed by atoms with E-state index in [0.29, 0.717) is 12.0 Å². The van der Waals surface area contributed by atoms with E-state index < -0.39 is 6.10 Å². The fourth-order valence-corrected chi connectivity index (χ4v) is 2.43. The first kappa shape index (κ1) is 16.0. The van der Waals surface area contributed by atoms with Crippen molar-refractivity contribution in [1.29, 1.82) is 0 Å². The molecule has 0 saturated carbocycles. The molecule has 1 amide bonds. The van der Waals surface area contributed by atoms with Gasteiger partial charge in [-0.2, -0.15) is 5.10 Å². The van der Waals surface area contributed by atoms with Gasteiger partial charge in [-0.25, -0.2) is 4.68 Å². The number of nitrogens with zero attached hydrogens (tertiary/aromatic N) is 2. The molecule has 0 aliphatic heterocycles. The van der Waals surface area contributed by atoms with E-state index in [1.807, 2.05) is 60.7 Å². The van der Waals surface area contributed by atoms with Crippen molar-refractivity contribution in [2.75, 3.05) is 6.54 Å². The van der Waals surface area contributed by atoms with Crippen LogP contribution in [0.2, 0.25) is 0 Å². The number of para-hydroxylation sites is 1. The van der Waals surface area contributed by atoms with Crippen molar-refractivity contribution in [2.45, 2.75) is 12.5 Å². The highest BCUT2D eigenvalue weighted by atomic mass is 16.3. The Morgan fingerprint density at radius 1 is 1.08 bits per heavy atom. The summed E-state index contributed by atoms with van der Waals surface area (Å²) in [6, 6.07) is 19.3. The maximum atomic E-state index is 12.2. The molecule has 0 radical (unpaired) electrons. The third-order valence-electron chi connectivity index (χ3n) is 3.68. The fourth-order valence-electron chi connectivity index (χ4n) is 2.43. The van der Waals surface area contributed by atoms with Crippen LogP contribution in [-0.2, 0) is 6.42 Å². The number of aromatic nitrogens is 2. The van der Waals surface area contributed by atoms with Gasteiger partial charge in [0.15, 0.2) is 0 Å². The van der Waals surface area contributed by atoms with Crippen LogP contribution in [0.1, 0.15) is 15.9 Å². The van der Waals surface area contributed by atoms with Crippen molar-refractivity contribution in [3.05, 3.63) is 84.2 Å². The second-order valence-electron chi connectivity index (χ2n) is 5.56. The zero-order chi connectivity index (χ0) is 16.8. The highest BCUT2D eigenvalue weighted by Crippen LogP contribution is 2.08. The number of aliphatic hydroxyl groups excluding tert-OH is 1. The number of hydrogen-bond donors (Lipinski definition) is 2. The van der Waals surface area contributed by atoms with E-state index in [4.69, 9.17) is 0 Å². The molecule has 0 aliphatic carbocycles. The Morgan fingerprint density at radius 2 is 1.75 bits per heavy atom. The molecular weight excluding hydrogens is 302 g/mol. The first-order valence-electron chi connectivity index (χ1n) is 7.82. The van der Waals surface area contributed by atoms with E-state index in [2.05, 4.69) is 10.4 Å². The fraction of sp³-hybridized carbons (Fsp3) is 0.158. The number of benzene rings is 2. The zero-order valence-corrected chi connectivity index (χ0v) is 13.2. The molecule has 2 aromatic carbocycles. The van der Waals surface area contributed by atoms with Crippen LogP contribution >= 0.6 is 0 Å². The van der Waals surface area contributed by atoms with Crippen LogP contribution in [0.25, 0.3) is 5.69 Å². The molecule has 1 atom stereocenters. The largest absolute Gasteiger partial charge is 0.391 e. The van der Waals surface area contributed by atoms with Gasteiger partial charge in [0.2, 0.25) is 0 Å². The number of nitrogens with one attached hydrogen (secondary N) is 1. The van der Waals surface area contributed by atoms with Gasteiger partial charge in [-0.15, -0.1) is 0 Å². The Bertz CT molecular complexity index is 785. The average Bonchev–Trinajstić information content (AvgIpc) is 3.11. The molecule has 122 valence electrons. The van der Waals surface area contributed by atoms with E-state index in [1.165, 1.54) is 6.20 Å². The summed E-state index contributed by atoms with van der Waals surface area (Å²) in [5, 5.41) is 17.0. The predicted octanol–water partition coefficient (Wildman–Crippen LogP) is 2.21. The Kier molecular flexibility index (Phi) is 5.03. The minimum absolute atomic E-state index is 0.199. The molecule has 0 fully saturated rings. The molecular formula is C19H19N3O2. The lowest BCUT2D eigenvalue weighted by atomic mass is 10.1. The minimum Gasteiger partial charge on any atom is -0.391 e. The van der Waals surface area contributed by atoms with Gasteiger partial charge >= 0.3 is 0 Å². The molecule has 5 nitrogen and oxygen atoms in total. The van der Waals surface area contributed by atoms with E-state index >= 15 is 0 Å². The minimum atomic E-state index is -0.625. The molecule has 1 unspecified atom stereocenters. The molecule has 0 aliphatic rings. The lowest BCUT2D eigenvalue weighted by Gasteiger charge is -2.11. The van der Waals surface area contributed by atoms with E-state index in [1.54, 1.807) is 10.9 Å².